The summed E-state index contributed by atoms with van der Waals surface area (Å²) in [5, 5.41) is 6.47. The van der Waals surface area contributed by atoms with E-state index in [0.29, 0.717) is 0 Å². The summed E-state index contributed by atoms with van der Waals surface area (Å²) < 4.78 is 0. The van der Waals surface area contributed by atoms with Gasteiger partial charge in [-0.15, -0.1) is 0 Å². The maximum absolute atomic E-state index is 3.27. The van der Waals surface area contributed by atoms with Crippen molar-refractivity contribution in [3.8, 4) is 0 Å². The lowest BCUT2D eigenvalue weighted by atomic mass is 10.2. The first kappa shape index (κ1) is 5.06. The summed E-state index contributed by atoms with van der Waals surface area (Å²) in [6, 6.07) is 0.723. The zero-order chi connectivity index (χ0) is 5.11. The summed E-state index contributed by atoms with van der Waals surface area (Å²) in [4.78, 5) is 0. The van der Waals surface area contributed by atoms with Gasteiger partial charge in [-0.1, -0.05) is 0 Å². The van der Waals surface area contributed by atoms with Gasteiger partial charge >= 0.3 is 0 Å². The average molecular weight is 100 g/mol. The molecule has 0 amide bonds. The predicted molar refractivity (Wildman–Crippen MR) is 30.1 cm³/mol. The van der Waals surface area contributed by atoms with Crippen molar-refractivity contribution in [1.29, 1.82) is 0 Å². The van der Waals surface area contributed by atoms with Gasteiger partial charge < -0.3 is 10.6 Å². The van der Waals surface area contributed by atoms with E-state index in [-0.39, 0.29) is 0 Å². The third-order valence-corrected chi connectivity index (χ3v) is 1.33. The van der Waals surface area contributed by atoms with Gasteiger partial charge in [-0.2, -0.15) is 0 Å². The summed E-state index contributed by atoms with van der Waals surface area (Å²) in [6.07, 6.45) is 1.26. The monoisotopic (exact) mass is 100 g/mol. The second-order valence-electron chi connectivity index (χ2n) is 2.07. The standard InChI is InChI=1S/C5H12N2/c1-5-2-3-6-4-7-5/h5-7H,2-4H2,1H3/t5-/m0/s1. The molecule has 1 saturated heterocycles. The second-order valence-corrected chi connectivity index (χ2v) is 2.07. The molecule has 1 rings (SSSR count). The number of hydrogen-bond donors (Lipinski definition) is 2. The van der Waals surface area contributed by atoms with Crippen LogP contribution in [0.4, 0.5) is 0 Å². The summed E-state index contributed by atoms with van der Waals surface area (Å²) in [7, 11) is 0. The largest absolute Gasteiger partial charge is 0.304 e. The number of nitrogens with one attached hydrogen (secondary N) is 2. The first-order valence-electron chi connectivity index (χ1n) is 2.83. The van der Waals surface area contributed by atoms with Crippen LogP contribution in [0, 0.1) is 0 Å². The molecule has 2 N–H and O–H groups in total. The SMILES string of the molecule is C[C@H]1CCNCN1. The molecule has 0 aromatic rings. The molecule has 0 aromatic carbocycles. The Kier molecular flexibility index (Phi) is 1.65. The van der Waals surface area contributed by atoms with Crippen molar-refractivity contribution in [3.05, 3.63) is 0 Å². The maximum Gasteiger partial charge on any atom is 0.0456 e. The molecule has 1 atom stereocenters. The molecule has 42 valence electrons. The molecule has 7 heavy (non-hydrogen) atoms. The van der Waals surface area contributed by atoms with E-state index < -0.39 is 0 Å². The van der Waals surface area contributed by atoms with E-state index in [2.05, 4.69) is 17.6 Å². The van der Waals surface area contributed by atoms with Gasteiger partial charge in [-0.25, -0.2) is 0 Å². The van der Waals surface area contributed by atoms with Crippen LogP contribution in [-0.2, 0) is 0 Å². The lowest BCUT2D eigenvalue weighted by Crippen LogP contribution is -2.43. The van der Waals surface area contributed by atoms with E-state index in [9.17, 15) is 0 Å². The zero-order valence-electron chi connectivity index (χ0n) is 4.70. The quantitative estimate of drug-likeness (QED) is 0.445. The Labute approximate surface area is 44.3 Å². The van der Waals surface area contributed by atoms with E-state index >= 15 is 0 Å². The van der Waals surface area contributed by atoms with Gasteiger partial charge in [-0.05, 0) is 19.9 Å². The van der Waals surface area contributed by atoms with E-state index in [1.807, 2.05) is 0 Å². The van der Waals surface area contributed by atoms with Crippen molar-refractivity contribution in [2.24, 2.45) is 0 Å². The van der Waals surface area contributed by atoms with Gasteiger partial charge in [-0.3, -0.25) is 0 Å². The Balaban J connectivity index is 2.12. The zero-order valence-corrected chi connectivity index (χ0v) is 4.70. The molecule has 0 radical (unpaired) electrons. The van der Waals surface area contributed by atoms with Gasteiger partial charge in [0.2, 0.25) is 0 Å². The number of hydrogen-bond acceptors (Lipinski definition) is 2. The lowest BCUT2D eigenvalue weighted by molar-refractivity contribution is 0.410. The minimum atomic E-state index is 0.723. The smallest absolute Gasteiger partial charge is 0.0456 e. The third-order valence-electron chi connectivity index (χ3n) is 1.33. The fourth-order valence-corrected chi connectivity index (χ4v) is 0.755. The van der Waals surface area contributed by atoms with Crippen LogP contribution in [0.2, 0.25) is 0 Å². The Morgan fingerprint density at radius 3 is 2.71 bits per heavy atom. The van der Waals surface area contributed by atoms with Crippen LogP contribution in [-0.4, -0.2) is 19.3 Å². The Hall–Kier alpha value is -0.0800. The Morgan fingerprint density at radius 2 is 2.43 bits per heavy atom. The van der Waals surface area contributed by atoms with E-state index in [1.54, 1.807) is 0 Å². The first-order valence-corrected chi connectivity index (χ1v) is 2.83. The highest BCUT2D eigenvalue weighted by atomic mass is 15.1. The van der Waals surface area contributed by atoms with Crippen molar-refractivity contribution in [2.45, 2.75) is 19.4 Å². The van der Waals surface area contributed by atoms with Crippen LogP contribution in [0.15, 0.2) is 0 Å². The van der Waals surface area contributed by atoms with Crippen molar-refractivity contribution >= 4 is 0 Å². The molecule has 1 fully saturated rings. The van der Waals surface area contributed by atoms with E-state index in [0.717, 1.165) is 12.7 Å². The average Bonchev–Trinajstić information content (AvgIpc) is 1.69. The van der Waals surface area contributed by atoms with Crippen LogP contribution in [0.25, 0.3) is 0 Å². The van der Waals surface area contributed by atoms with Crippen molar-refractivity contribution < 1.29 is 0 Å². The highest BCUT2D eigenvalue weighted by Gasteiger charge is 2.03. The molecule has 0 spiro atoms. The maximum atomic E-state index is 3.27. The fraction of sp³-hybridized carbons (Fsp3) is 1.00. The van der Waals surface area contributed by atoms with Crippen LogP contribution in [0.5, 0.6) is 0 Å². The Morgan fingerprint density at radius 1 is 1.57 bits per heavy atom. The summed E-state index contributed by atoms with van der Waals surface area (Å²) in [6.45, 7) is 4.37. The number of rotatable bonds is 0. The fourth-order valence-electron chi connectivity index (χ4n) is 0.755. The molecule has 1 heterocycles. The lowest BCUT2D eigenvalue weighted by Gasteiger charge is -2.19. The van der Waals surface area contributed by atoms with Crippen LogP contribution in [0.3, 0.4) is 0 Å². The molecule has 2 heteroatoms. The summed E-state index contributed by atoms with van der Waals surface area (Å²) in [5.41, 5.74) is 0. The second kappa shape index (κ2) is 2.28. The molecular formula is C5H12N2. The van der Waals surface area contributed by atoms with Crippen molar-refractivity contribution in [1.82, 2.24) is 10.6 Å². The van der Waals surface area contributed by atoms with E-state index in [1.165, 1.54) is 13.0 Å². The molecule has 2 nitrogen and oxygen atoms in total. The Bertz CT molecular complexity index is 48.0. The first-order chi connectivity index (χ1) is 3.39. The molecule has 0 saturated carbocycles. The molecule has 0 aliphatic carbocycles. The van der Waals surface area contributed by atoms with Gasteiger partial charge in [0.1, 0.15) is 0 Å². The summed E-state index contributed by atoms with van der Waals surface area (Å²) in [5.74, 6) is 0. The van der Waals surface area contributed by atoms with Crippen molar-refractivity contribution in [2.75, 3.05) is 13.2 Å². The topological polar surface area (TPSA) is 24.1 Å². The van der Waals surface area contributed by atoms with Gasteiger partial charge in [0.25, 0.3) is 0 Å². The highest BCUT2D eigenvalue weighted by molar-refractivity contribution is 4.65. The van der Waals surface area contributed by atoms with E-state index in [4.69, 9.17) is 0 Å². The summed E-state index contributed by atoms with van der Waals surface area (Å²) >= 11 is 0. The predicted octanol–water partition coefficient (Wildman–Crippen LogP) is -0.0847. The highest BCUT2D eigenvalue weighted by Crippen LogP contribution is 1.89. The van der Waals surface area contributed by atoms with Crippen LogP contribution < -0.4 is 10.6 Å². The molecule has 0 bridgehead atoms. The van der Waals surface area contributed by atoms with Gasteiger partial charge in [0.05, 0.1) is 0 Å². The molecule has 0 unspecified atom stereocenters. The van der Waals surface area contributed by atoms with Crippen LogP contribution >= 0.6 is 0 Å². The van der Waals surface area contributed by atoms with Gasteiger partial charge in [0.15, 0.2) is 0 Å². The minimum absolute atomic E-state index is 0.723. The minimum Gasteiger partial charge on any atom is -0.304 e. The van der Waals surface area contributed by atoms with Crippen molar-refractivity contribution in [3.63, 3.8) is 0 Å². The normalized spacial score (nSPS) is 33.0. The molecule has 1 aliphatic rings. The van der Waals surface area contributed by atoms with Crippen LogP contribution in [0.1, 0.15) is 13.3 Å². The van der Waals surface area contributed by atoms with Gasteiger partial charge in [0, 0.05) is 12.7 Å². The molecular weight excluding hydrogens is 88.1 g/mol. The molecule has 0 aromatic heterocycles. The molecule has 1 aliphatic heterocycles. The third kappa shape index (κ3) is 1.45.